The third kappa shape index (κ3) is 3.63. The fourth-order valence-corrected chi connectivity index (χ4v) is 2.14. The summed E-state index contributed by atoms with van der Waals surface area (Å²) in [6.07, 6.45) is 0. The highest BCUT2D eigenvalue weighted by Gasteiger charge is 2.16. The van der Waals surface area contributed by atoms with Crippen LogP contribution in [0.1, 0.15) is 28.5 Å². The fourth-order valence-electron chi connectivity index (χ4n) is 2.14. The number of hydrogen-bond donors (Lipinski definition) is 0. The van der Waals surface area contributed by atoms with Gasteiger partial charge in [-0.15, -0.1) is 0 Å². The summed E-state index contributed by atoms with van der Waals surface area (Å²) in [6.45, 7) is 3.92. The Labute approximate surface area is 132 Å². The molecule has 7 nitrogen and oxygen atoms in total. The predicted octanol–water partition coefficient (Wildman–Crippen LogP) is 2.29. The van der Waals surface area contributed by atoms with Crippen LogP contribution in [0.2, 0.25) is 0 Å². The summed E-state index contributed by atoms with van der Waals surface area (Å²) in [5, 5.41) is 10.9. The molecule has 0 bridgehead atoms. The number of aromatic nitrogens is 1. The zero-order chi connectivity index (χ0) is 17.0. The Morgan fingerprint density at radius 2 is 1.87 bits per heavy atom. The van der Waals surface area contributed by atoms with Gasteiger partial charge in [-0.25, -0.2) is 4.79 Å². The molecule has 7 heteroatoms. The molecular weight excluding hydrogens is 300 g/mol. The molecule has 0 aliphatic carbocycles. The summed E-state index contributed by atoms with van der Waals surface area (Å²) in [4.78, 5) is 33.9. The molecule has 1 aromatic carbocycles. The van der Waals surface area contributed by atoms with Gasteiger partial charge in [-0.1, -0.05) is 12.1 Å². The van der Waals surface area contributed by atoms with E-state index in [2.05, 4.69) is 0 Å². The van der Waals surface area contributed by atoms with Crippen LogP contribution >= 0.6 is 0 Å². The maximum absolute atomic E-state index is 12.1. The van der Waals surface area contributed by atoms with E-state index < -0.39 is 22.1 Å². The lowest BCUT2D eigenvalue weighted by molar-refractivity contribution is -0.386. The fraction of sp³-hybridized carbons (Fsp3) is 0.250. The molecule has 0 spiro atoms. The molecule has 0 radical (unpaired) electrons. The molecule has 120 valence electrons. The van der Waals surface area contributed by atoms with E-state index in [1.165, 1.54) is 16.7 Å². The van der Waals surface area contributed by atoms with E-state index in [1.807, 2.05) is 0 Å². The third-order valence-corrected chi connectivity index (χ3v) is 3.37. The van der Waals surface area contributed by atoms with Crippen molar-refractivity contribution in [1.82, 2.24) is 4.57 Å². The minimum atomic E-state index is -0.692. The number of ether oxygens (including phenoxy) is 1. The zero-order valence-corrected chi connectivity index (χ0v) is 12.8. The Morgan fingerprint density at radius 3 is 2.43 bits per heavy atom. The van der Waals surface area contributed by atoms with Gasteiger partial charge in [-0.3, -0.25) is 14.9 Å². The number of rotatable bonds is 5. The van der Waals surface area contributed by atoms with Crippen molar-refractivity contribution in [1.29, 1.82) is 0 Å². The predicted molar refractivity (Wildman–Crippen MR) is 83.6 cm³/mol. The summed E-state index contributed by atoms with van der Waals surface area (Å²) in [5.74, 6) is -0.414. The van der Waals surface area contributed by atoms with E-state index in [-0.39, 0.29) is 6.54 Å². The maximum atomic E-state index is 12.1. The highest BCUT2D eigenvalue weighted by molar-refractivity contribution is 5.89. The van der Waals surface area contributed by atoms with Crippen molar-refractivity contribution in [3.63, 3.8) is 0 Å². The Kier molecular flexibility index (Phi) is 4.90. The van der Waals surface area contributed by atoms with Gasteiger partial charge in [0.1, 0.15) is 0 Å². The number of esters is 1. The van der Waals surface area contributed by atoms with Gasteiger partial charge in [0.15, 0.2) is 0 Å². The highest BCUT2D eigenvalue weighted by Crippen LogP contribution is 2.11. The molecule has 0 fully saturated rings. The van der Waals surface area contributed by atoms with Gasteiger partial charge < -0.3 is 9.30 Å². The van der Waals surface area contributed by atoms with Crippen molar-refractivity contribution in [2.24, 2.45) is 0 Å². The molecule has 0 atom stereocenters. The van der Waals surface area contributed by atoms with Gasteiger partial charge >= 0.3 is 17.2 Å². The van der Waals surface area contributed by atoms with Crippen molar-refractivity contribution in [3.8, 4) is 0 Å². The molecule has 0 saturated carbocycles. The first-order valence-electron chi connectivity index (χ1n) is 7.05. The lowest BCUT2D eigenvalue weighted by Gasteiger charge is -2.10. The second-order valence-corrected chi connectivity index (χ2v) is 4.93. The number of benzene rings is 1. The van der Waals surface area contributed by atoms with Crippen LogP contribution in [0.25, 0.3) is 0 Å². The Bertz CT molecular complexity index is 793. The van der Waals surface area contributed by atoms with E-state index in [0.717, 1.165) is 5.56 Å². The lowest BCUT2D eigenvalue weighted by atomic mass is 10.1. The monoisotopic (exact) mass is 316 g/mol. The lowest BCUT2D eigenvalue weighted by Crippen LogP contribution is -2.24. The molecule has 0 N–H and O–H groups in total. The largest absolute Gasteiger partial charge is 0.462 e. The van der Waals surface area contributed by atoms with Crippen LogP contribution in [0.4, 0.5) is 5.69 Å². The second-order valence-electron chi connectivity index (χ2n) is 4.93. The molecule has 0 amide bonds. The molecule has 2 rings (SSSR count). The molecule has 1 heterocycles. The van der Waals surface area contributed by atoms with E-state index in [1.54, 1.807) is 38.1 Å². The van der Waals surface area contributed by atoms with Crippen molar-refractivity contribution < 1.29 is 14.5 Å². The molecule has 0 aliphatic heterocycles. The average molecular weight is 316 g/mol. The van der Waals surface area contributed by atoms with Crippen molar-refractivity contribution >= 4 is 11.7 Å². The number of nitrogens with zero attached hydrogens (tertiary/aromatic N) is 2. The Balaban J connectivity index is 2.29. The first kappa shape index (κ1) is 16.4. The van der Waals surface area contributed by atoms with Crippen LogP contribution < -0.4 is 5.56 Å². The third-order valence-electron chi connectivity index (χ3n) is 3.37. The second kappa shape index (κ2) is 6.87. The van der Waals surface area contributed by atoms with Gasteiger partial charge in [0, 0.05) is 11.8 Å². The first-order chi connectivity index (χ1) is 10.9. The smallest absolute Gasteiger partial charge is 0.338 e. The Morgan fingerprint density at radius 1 is 1.22 bits per heavy atom. The van der Waals surface area contributed by atoms with E-state index >= 15 is 0 Å². The average Bonchev–Trinajstić information content (AvgIpc) is 2.52. The van der Waals surface area contributed by atoms with Gasteiger partial charge in [0.25, 0.3) is 0 Å². The number of aryl methyl sites for hydroxylation is 1. The van der Waals surface area contributed by atoms with E-state index in [9.17, 15) is 19.7 Å². The van der Waals surface area contributed by atoms with Crippen molar-refractivity contribution in [2.45, 2.75) is 20.4 Å². The number of carbonyl (C=O) groups is 1. The number of pyridine rings is 1. The van der Waals surface area contributed by atoms with Gasteiger partial charge in [-0.05, 0) is 37.6 Å². The van der Waals surface area contributed by atoms with Crippen molar-refractivity contribution in [2.75, 3.05) is 6.61 Å². The summed E-state index contributed by atoms with van der Waals surface area (Å²) in [6, 6.07) is 9.33. The molecule has 0 saturated heterocycles. The number of hydrogen-bond acceptors (Lipinski definition) is 5. The minimum Gasteiger partial charge on any atom is -0.462 e. The highest BCUT2D eigenvalue weighted by atomic mass is 16.6. The number of nitro groups is 1. The number of carbonyl (C=O) groups excluding carboxylic acids is 1. The molecule has 23 heavy (non-hydrogen) atoms. The summed E-state index contributed by atoms with van der Waals surface area (Å²) in [5.41, 5.74) is 0.681. The summed E-state index contributed by atoms with van der Waals surface area (Å²) < 4.78 is 6.23. The SMILES string of the molecule is CCOC(=O)c1ccc(Cn2c(C)ccc([N+](=O)[O-])c2=O)cc1. The van der Waals surface area contributed by atoms with Crippen LogP contribution in [0, 0.1) is 17.0 Å². The topological polar surface area (TPSA) is 91.4 Å². The molecule has 0 unspecified atom stereocenters. The van der Waals surface area contributed by atoms with Crippen LogP contribution in [0.15, 0.2) is 41.2 Å². The van der Waals surface area contributed by atoms with E-state index in [0.29, 0.717) is 17.9 Å². The zero-order valence-electron chi connectivity index (χ0n) is 12.8. The van der Waals surface area contributed by atoms with Crippen LogP contribution in [-0.4, -0.2) is 22.1 Å². The molecule has 0 aliphatic rings. The molecule has 2 aromatic rings. The van der Waals surface area contributed by atoms with Gasteiger partial charge in [-0.2, -0.15) is 0 Å². The summed E-state index contributed by atoms with van der Waals surface area (Å²) in [7, 11) is 0. The van der Waals surface area contributed by atoms with Gasteiger partial charge in [0.05, 0.1) is 23.6 Å². The quantitative estimate of drug-likeness (QED) is 0.479. The minimum absolute atomic E-state index is 0.190. The van der Waals surface area contributed by atoms with Gasteiger partial charge in [0.2, 0.25) is 0 Å². The Hall–Kier alpha value is -2.96. The standard InChI is InChI=1S/C16H16N2O5/c1-3-23-16(20)13-7-5-12(6-8-13)10-17-11(2)4-9-14(15(17)19)18(21)22/h4-9H,3,10H2,1-2H3. The van der Waals surface area contributed by atoms with Crippen LogP contribution in [-0.2, 0) is 11.3 Å². The first-order valence-corrected chi connectivity index (χ1v) is 7.05. The molecular formula is C16H16N2O5. The van der Waals surface area contributed by atoms with Crippen LogP contribution in [0.5, 0.6) is 0 Å². The van der Waals surface area contributed by atoms with Crippen molar-refractivity contribution in [3.05, 3.63) is 73.7 Å². The maximum Gasteiger partial charge on any atom is 0.338 e. The normalized spacial score (nSPS) is 10.3. The molecule has 1 aromatic heterocycles. The van der Waals surface area contributed by atoms with Crippen LogP contribution in [0.3, 0.4) is 0 Å². The van der Waals surface area contributed by atoms with E-state index in [4.69, 9.17) is 4.74 Å². The summed E-state index contributed by atoms with van der Waals surface area (Å²) >= 11 is 0.